The fourth-order valence-corrected chi connectivity index (χ4v) is 3.51. The van der Waals surface area contributed by atoms with Gasteiger partial charge in [0.05, 0.1) is 10.7 Å². The van der Waals surface area contributed by atoms with Crippen LogP contribution in [0.1, 0.15) is 6.42 Å². The summed E-state index contributed by atoms with van der Waals surface area (Å²) in [6.45, 7) is 0.917. The molecule has 0 fully saturated rings. The van der Waals surface area contributed by atoms with Crippen LogP contribution in [-0.2, 0) is 16.6 Å². The van der Waals surface area contributed by atoms with E-state index in [1.807, 2.05) is 12.3 Å². The minimum atomic E-state index is -3.70. The van der Waals surface area contributed by atoms with Gasteiger partial charge in [0.15, 0.2) is 0 Å². The molecular weight excluding hydrogens is 300 g/mol. The van der Waals surface area contributed by atoms with E-state index >= 15 is 0 Å². The summed E-state index contributed by atoms with van der Waals surface area (Å²) in [7, 11) is -3.70. The van der Waals surface area contributed by atoms with E-state index in [0.29, 0.717) is 13.0 Å². The third-order valence-electron chi connectivity index (χ3n) is 2.68. The van der Waals surface area contributed by atoms with E-state index < -0.39 is 10.0 Å². The van der Waals surface area contributed by atoms with Gasteiger partial charge in [0.2, 0.25) is 10.0 Å². The van der Waals surface area contributed by atoms with Gasteiger partial charge in [-0.25, -0.2) is 13.1 Å². The third kappa shape index (κ3) is 3.50. The number of rotatable bonds is 6. The van der Waals surface area contributed by atoms with E-state index in [-0.39, 0.29) is 22.2 Å². The normalized spacial score (nSPS) is 11.7. The summed E-state index contributed by atoms with van der Waals surface area (Å²) < 4.78 is 28.5. The average molecular weight is 315 g/mol. The molecule has 1 aromatic heterocycles. The Morgan fingerprint density at radius 2 is 2.15 bits per heavy atom. The highest BCUT2D eigenvalue weighted by Crippen LogP contribution is 2.26. The van der Waals surface area contributed by atoms with Crippen molar-refractivity contribution in [1.82, 2.24) is 14.5 Å². The molecule has 0 aliphatic carbocycles. The van der Waals surface area contributed by atoms with Crippen molar-refractivity contribution in [3.05, 3.63) is 41.7 Å². The summed E-state index contributed by atoms with van der Waals surface area (Å²) in [6, 6.07) is 6.42. The van der Waals surface area contributed by atoms with Crippen LogP contribution < -0.4 is 10.5 Å². The first-order valence-electron chi connectivity index (χ1n) is 6.02. The zero-order valence-electron chi connectivity index (χ0n) is 10.7. The maximum Gasteiger partial charge on any atom is 0.244 e. The van der Waals surface area contributed by atoms with Crippen LogP contribution in [0.2, 0.25) is 5.02 Å². The highest BCUT2D eigenvalue weighted by molar-refractivity contribution is 7.89. The first-order chi connectivity index (χ1) is 9.50. The van der Waals surface area contributed by atoms with Crippen molar-refractivity contribution in [2.24, 2.45) is 0 Å². The first-order valence-corrected chi connectivity index (χ1v) is 7.88. The number of halogens is 1. The SMILES string of the molecule is Nc1cccc(Cl)c1S(=O)(=O)NCCCn1cccn1. The zero-order valence-corrected chi connectivity index (χ0v) is 12.2. The summed E-state index contributed by atoms with van der Waals surface area (Å²) in [6.07, 6.45) is 4.11. The standard InChI is InChI=1S/C12H15ClN4O2S/c13-10-4-1-5-11(14)12(10)20(18,19)16-7-3-9-17-8-2-6-15-17/h1-2,4-6,8,16H,3,7,9,14H2. The molecule has 0 aliphatic heterocycles. The van der Waals surface area contributed by atoms with Crippen molar-refractivity contribution in [3.8, 4) is 0 Å². The van der Waals surface area contributed by atoms with E-state index in [1.165, 1.54) is 12.1 Å². The Balaban J connectivity index is 1.97. The van der Waals surface area contributed by atoms with Crippen LogP contribution in [0.25, 0.3) is 0 Å². The highest BCUT2D eigenvalue weighted by Gasteiger charge is 2.20. The van der Waals surface area contributed by atoms with Crippen LogP contribution in [0.15, 0.2) is 41.6 Å². The minimum absolute atomic E-state index is 0.0687. The Kier molecular flexibility index (Phi) is 4.64. The maximum absolute atomic E-state index is 12.1. The molecule has 1 heterocycles. The van der Waals surface area contributed by atoms with Crippen molar-refractivity contribution >= 4 is 27.3 Å². The van der Waals surface area contributed by atoms with Crippen molar-refractivity contribution < 1.29 is 8.42 Å². The third-order valence-corrected chi connectivity index (χ3v) is 4.69. The van der Waals surface area contributed by atoms with Gasteiger partial charge in [-0.1, -0.05) is 17.7 Å². The summed E-state index contributed by atoms with van der Waals surface area (Å²) >= 11 is 5.89. The molecule has 3 N–H and O–H groups in total. The monoisotopic (exact) mass is 314 g/mol. The molecule has 2 rings (SSSR count). The summed E-state index contributed by atoms with van der Waals surface area (Å²) in [5.41, 5.74) is 5.81. The molecular formula is C12H15ClN4O2S. The molecule has 0 saturated carbocycles. The number of aryl methyl sites for hydroxylation is 1. The number of hydrogen-bond acceptors (Lipinski definition) is 4. The molecule has 0 saturated heterocycles. The summed E-state index contributed by atoms with van der Waals surface area (Å²) in [5, 5.41) is 4.15. The topological polar surface area (TPSA) is 90.0 Å². The first kappa shape index (κ1) is 14.8. The Morgan fingerprint density at radius 3 is 2.80 bits per heavy atom. The number of aromatic nitrogens is 2. The molecule has 20 heavy (non-hydrogen) atoms. The van der Waals surface area contributed by atoms with E-state index in [2.05, 4.69) is 9.82 Å². The van der Waals surface area contributed by atoms with Crippen molar-refractivity contribution in [1.29, 1.82) is 0 Å². The van der Waals surface area contributed by atoms with E-state index in [0.717, 1.165) is 0 Å². The molecule has 0 aliphatic rings. The number of nitrogens with one attached hydrogen (secondary N) is 1. The lowest BCUT2D eigenvalue weighted by atomic mass is 10.3. The second-order valence-electron chi connectivity index (χ2n) is 4.18. The quantitative estimate of drug-likeness (QED) is 0.624. The molecule has 0 bridgehead atoms. The molecule has 0 unspecified atom stereocenters. The number of nitrogens with two attached hydrogens (primary N) is 1. The van der Waals surface area contributed by atoms with Gasteiger partial charge in [-0.3, -0.25) is 4.68 Å². The van der Waals surface area contributed by atoms with E-state index in [4.69, 9.17) is 17.3 Å². The maximum atomic E-state index is 12.1. The second kappa shape index (κ2) is 6.25. The molecule has 8 heteroatoms. The van der Waals surface area contributed by atoms with Crippen LogP contribution in [0, 0.1) is 0 Å². The molecule has 108 valence electrons. The van der Waals surface area contributed by atoms with Crippen molar-refractivity contribution in [2.75, 3.05) is 12.3 Å². The molecule has 0 radical (unpaired) electrons. The Morgan fingerprint density at radius 1 is 1.35 bits per heavy atom. The lowest BCUT2D eigenvalue weighted by Gasteiger charge is -2.10. The Labute approximate surface area is 122 Å². The van der Waals surface area contributed by atoms with Crippen LogP contribution in [0.5, 0.6) is 0 Å². The molecule has 0 amide bonds. The van der Waals surface area contributed by atoms with Crippen LogP contribution in [-0.4, -0.2) is 24.7 Å². The number of nitrogen functional groups attached to an aromatic ring is 1. The fraction of sp³-hybridized carbons (Fsp3) is 0.250. The lowest BCUT2D eigenvalue weighted by molar-refractivity contribution is 0.553. The highest BCUT2D eigenvalue weighted by atomic mass is 35.5. The number of nitrogens with zero attached hydrogens (tertiary/aromatic N) is 2. The van der Waals surface area contributed by atoms with Crippen molar-refractivity contribution in [2.45, 2.75) is 17.9 Å². The summed E-state index contributed by atoms with van der Waals surface area (Å²) in [4.78, 5) is -0.0687. The Hall–Kier alpha value is -1.57. The van der Waals surface area contributed by atoms with Gasteiger partial charge in [0, 0.05) is 25.5 Å². The van der Waals surface area contributed by atoms with E-state index in [1.54, 1.807) is 16.9 Å². The zero-order chi connectivity index (χ0) is 14.6. The number of sulfonamides is 1. The van der Waals surface area contributed by atoms with Gasteiger partial charge in [-0.05, 0) is 24.6 Å². The summed E-state index contributed by atoms with van der Waals surface area (Å²) in [5.74, 6) is 0. The largest absolute Gasteiger partial charge is 0.398 e. The van der Waals surface area contributed by atoms with Gasteiger partial charge < -0.3 is 5.73 Å². The van der Waals surface area contributed by atoms with Gasteiger partial charge in [-0.2, -0.15) is 5.10 Å². The molecule has 1 aromatic carbocycles. The number of anilines is 1. The van der Waals surface area contributed by atoms with Gasteiger partial charge >= 0.3 is 0 Å². The predicted octanol–water partition coefficient (Wildman–Crippen LogP) is 1.49. The second-order valence-corrected chi connectivity index (χ2v) is 6.29. The van der Waals surface area contributed by atoms with Gasteiger partial charge in [0.25, 0.3) is 0 Å². The lowest BCUT2D eigenvalue weighted by Crippen LogP contribution is -2.26. The van der Waals surface area contributed by atoms with Crippen LogP contribution in [0.3, 0.4) is 0 Å². The number of benzene rings is 1. The average Bonchev–Trinajstić information content (AvgIpc) is 2.87. The molecule has 2 aromatic rings. The smallest absolute Gasteiger partial charge is 0.244 e. The predicted molar refractivity (Wildman–Crippen MR) is 77.9 cm³/mol. The van der Waals surface area contributed by atoms with Crippen LogP contribution in [0.4, 0.5) is 5.69 Å². The number of hydrogen-bond donors (Lipinski definition) is 2. The fourth-order valence-electron chi connectivity index (χ4n) is 1.76. The molecule has 0 atom stereocenters. The molecule has 6 nitrogen and oxygen atoms in total. The minimum Gasteiger partial charge on any atom is -0.398 e. The van der Waals surface area contributed by atoms with E-state index in [9.17, 15) is 8.42 Å². The van der Waals surface area contributed by atoms with Gasteiger partial charge in [0.1, 0.15) is 4.90 Å². The molecule has 0 spiro atoms. The Bertz CT molecular complexity index is 651. The van der Waals surface area contributed by atoms with Crippen molar-refractivity contribution in [3.63, 3.8) is 0 Å². The van der Waals surface area contributed by atoms with Gasteiger partial charge in [-0.15, -0.1) is 0 Å². The van der Waals surface area contributed by atoms with Crippen LogP contribution >= 0.6 is 11.6 Å².